The average Bonchev–Trinajstić information content (AvgIpc) is 2.48. The van der Waals surface area contributed by atoms with Gasteiger partial charge in [0.15, 0.2) is 10.8 Å². The molecule has 0 saturated heterocycles. The Morgan fingerprint density at radius 2 is 1.95 bits per heavy atom. The summed E-state index contributed by atoms with van der Waals surface area (Å²) in [5.74, 6) is -0.385. The van der Waals surface area contributed by atoms with Crippen molar-refractivity contribution in [1.82, 2.24) is 15.5 Å². The van der Waals surface area contributed by atoms with Crippen LogP contribution in [0.15, 0.2) is 42.5 Å². The van der Waals surface area contributed by atoms with Crippen molar-refractivity contribution in [2.24, 2.45) is 0 Å². The molecule has 1 unspecified atom stereocenters. The van der Waals surface area contributed by atoms with E-state index in [1.165, 1.54) is 12.1 Å². The lowest BCUT2D eigenvalue weighted by Crippen LogP contribution is -2.39. The maximum atomic E-state index is 11.9. The van der Waals surface area contributed by atoms with Gasteiger partial charge < -0.3 is 10.4 Å². The lowest BCUT2D eigenvalue weighted by atomic mass is 10.1. The van der Waals surface area contributed by atoms with Crippen LogP contribution in [0.25, 0.3) is 0 Å². The van der Waals surface area contributed by atoms with Gasteiger partial charge in [-0.05, 0) is 24.1 Å². The molecule has 2 rings (SSSR count). The zero-order valence-electron chi connectivity index (χ0n) is 10.7. The van der Waals surface area contributed by atoms with Crippen LogP contribution >= 0.6 is 11.6 Å². The minimum atomic E-state index is -0.385. The number of halogens is 1. The van der Waals surface area contributed by atoms with Gasteiger partial charge in [0.2, 0.25) is 0 Å². The molecule has 0 radical (unpaired) electrons. The number of benzene rings is 1. The highest BCUT2D eigenvalue weighted by Gasteiger charge is 2.14. The Balaban J connectivity index is 1.99. The van der Waals surface area contributed by atoms with Crippen LogP contribution in [-0.2, 0) is 6.42 Å². The van der Waals surface area contributed by atoms with E-state index in [1.54, 1.807) is 0 Å². The topological polar surface area (TPSA) is 75.1 Å². The van der Waals surface area contributed by atoms with Crippen LogP contribution in [0.5, 0.6) is 0 Å². The molecule has 6 heteroatoms. The number of rotatable bonds is 5. The van der Waals surface area contributed by atoms with Gasteiger partial charge >= 0.3 is 0 Å². The number of nitrogens with one attached hydrogen (secondary N) is 1. The van der Waals surface area contributed by atoms with Crippen LogP contribution < -0.4 is 5.32 Å². The Bertz CT molecular complexity index is 560. The maximum Gasteiger partial charge on any atom is 0.272 e. The van der Waals surface area contributed by atoms with Crippen molar-refractivity contribution in [2.45, 2.75) is 12.5 Å². The van der Waals surface area contributed by atoms with Crippen LogP contribution in [0.1, 0.15) is 16.1 Å². The quantitative estimate of drug-likeness (QED) is 0.874. The maximum absolute atomic E-state index is 11.9. The Labute approximate surface area is 121 Å². The minimum Gasteiger partial charge on any atom is -0.394 e. The second-order valence-corrected chi connectivity index (χ2v) is 4.67. The summed E-state index contributed by atoms with van der Waals surface area (Å²) in [4.78, 5) is 11.9. The Morgan fingerprint density at radius 1 is 1.20 bits per heavy atom. The van der Waals surface area contributed by atoms with Crippen LogP contribution in [0.2, 0.25) is 5.15 Å². The van der Waals surface area contributed by atoms with E-state index < -0.39 is 0 Å². The van der Waals surface area contributed by atoms with E-state index in [2.05, 4.69) is 15.5 Å². The molecule has 1 atom stereocenters. The number of aliphatic hydroxyl groups excluding tert-OH is 1. The van der Waals surface area contributed by atoms with Gasteiger partial charge in [0.05, 0.1) is 12.6 Å². The fourth-order valence-corrected chi connectivity index (χ4v) is 1.86. The summed E-state index contributed by atoms with van der Waals surface area (Å²) in [6.45, 7) is -0.151. The molecule has 1 aromatic heterocycles. The van der Waals surface area contributed by atoms with Crippen molar-refractivity contribution < 1.29 is 9.90 Å². The van der Waals surface area contributed by atoms with E-state index in [4.69, 9.17) is 11.6 Å². The molecule has 1 aromatic carbocycles. The average molecular weight is 292 g/mol. The van der Waals surface area contributed by atoms with Gasteiger partial charge in [-0.2, -0.15) is 0 Å². The molecule has 0 aliphatic rings. The van der Waals surface area contributed by atoms with E-state index in [-0.39, 0.29) is 29.4 Å². The minimum absolute atomic E-state index is 0.151. The SMILES string of the molecule is O=C(NC(CO)Cc1ccccc1)c1ccc(Cl)nn1. The van der Waals surface area contributed by atoms with Gasteiger partial charge in [0.1, 0.15) is 0 Å². The summed E-state index contributed by atoms with van der Waals surface area (Å²) >= 11 is 5.61. The molecule has 5 nitrogen and oxygen atoms in total. The third kappa shape index (κ3) is 4.01. The molecule has 20 heavy (non-hydrogen) atoms. The number of nitrogens with zero attached hydrogens (tertiary/aromatic N) is 2. The summed E-state index contributed by atoms with van der Waals surface area (Å²) in [6.07, 6.45) is 0.546. The predicted molar refractivity (Wildman–Crippen MR) is 75.5 cm³/mol. The number of aromatic nitrogens is 2. The molecule has 0 fully saturated rings. The zero-order valence-corrected chi connectivity index (χ0v) is 11.4. The highest BCUT2D eigenvalue weighted by atomic mass is 35.5. The van der Waals surface area contributed by atoms with Crippen molar-refractivity contribution >= 4 is 17.5 Å². The first-order valence-electron chi connectivity index (χ1n) is 6.14. The number of hydrogen-bond donors (Lipinski definition) is 2. The number of hydrogen-bond acceptors (Lipinski definition) is 4. The first-order valence-corrected chi connectivity index (χ1v) is 6.51. The van der Waals surface area contributed by atoms with Crippen molar-refractivity contribution in [3.05, 3.63) is 58.9 Å². The van der Waals surface area contributed by atoms with Crippen molar-refractivity contribution in [3.8, 4) is 0 Å². The fourth-order valence-electron chi connectivity index (χ4n) is 1.76. The van der Waals surface area contributed by atoms with Gasteiger partial charge in [-0.25, -0.2) is 0 Å². The molecule has 0 spiro atoms. The lowest BCUT2D eigenvalue weighted by Gasteiger charge is -2.15. The number of carbonyl (C=O) groups excluding carboxylic acids is 1. The van der Waals surface area contributed by atoms with Gasteiger partial charge in [-0.1, -0.05) is 41.9 Å². The van der Waals surface area contributed by atoms with Gasteiger partial charge in [0, 0.05) is 0 Å². The Kier molecular flexibility index (Phi) is 5.03. The van der Waals surface area contributed by atoms with Gasteiger partial charge in [-0.3, -0.25) is 4.79 Å². The van der Waals surface area contributed by atoms with E-state index >= 15 is 0 Å². The van der Waals surface area contributed by atoms with Crippen molar-refractivity contribution in [3.63, 3.8) is 0 Å². The summed E-state index contributed by atoms with van der Waals surface area (Å²) in [5, 5.41) is 19.6. The van der Waals surface area contributed by atoms with Gasteiger partial charge in [0.25, 0.3) is 5.91 Å². The van der Waals surface area contributed by atoms with Gasteiger partial charge in [-0.15, -0.1) is 10.2 Å². The number of carbonyl (C=O) groups is 1. The first-order chi connectivity index (χ1) is 9.69. The molecular weight excluding hydrogens is 278 g/mol. The Morgan fingerprint density at radius 3 is 2.55 bits per heavy atom. The second kappa shape index (κ2) is 6.98. The van der Waals surface area contributed by atoms with Crippen LogP contribution in [0, 0.1) is 0 Å². The monoisotopic (exact) mass is 291 g/mol. The Hall–Kier alpha value is -1.98. The van der Waals surface area contributed by atoms with Crippen LogP contribution in [0.3, 0.4) is 0 Å². The summed E-state index contributed by atoms with van der Waals surface area (Å²) in [6, 6.07) is 12.2. The van der Waals surface area contributed by atoms with Crippen molar-refractivity contribution in [2.75, 3.05) is 6.61 Å². The lowest BCUT2D eigenvalue weighted by molar-refractivity contribution is 0.0910. The highest BCUT2D eigenvalue weighted by Crippen LogP contribution is 2.05. The predicted octanol–water partition coefficient (Wildman–Crippen LogP) is 1.46. The van der Waals surface area contributed by atoms with E-state index in [9.17, 15) is 9.90 Å². The number of amides is 1. The zero-order chi connectivity index (χ0) is 14.4. The largest absolute Gasteiger partial charge is 0.394 e. The molecule has 104 valence electrons. The van der Waals surface area contributed by atoms with E-state index in [1.807, 2.05) is 30.3 Å². The fraction of sp³-hybridized carbons (Fsp3) is 0.214. The van der Waals surface area contributed by atoms with Crippen LogP contribution in [0.4, 0.5) is 0 Å². The molecule has 0 aliphatic heterocycles. The smallest absolute Gasteiger partial charge is 0.272 e. The molecule has 1 heterocycles. The summed E-state index contributed by atoms with van der Waals surface area (Å²) in [7, 11) is 0. The summed E-state index contributed by atoms with van der Waals surface area (Å²) < 4.78 is 0. The normalized spacial score (nSPS) is 11.9. The van der Waals surface area contributed by atoms with E-state index in [0.717, 1.165) is 5.56 Å². The highest BCUT2D eigenvalue weighted by molar-refractivity contribution is 6.29. The second-order valence-electron chi connectivity index (χ2n) is 4.28. The molecule has 2 aromatic rings. The summed E-state index contributed by atoms with van der Waals surface area (Å²) in [5.41, 5.74) is 1.20. The standard InChI is InChI=1S/C14H14ClN3O2/c15-13-7-6-12(17-18-13)14(20)16-11(9-19)8-10-4-2-1-3-5-10/h1-7,11,19H,8-9H2,(H,16,20). The molecule has 2 N–H and O–H groups in total. The molecule has 0 bridgehead atoms. The molecule has 1 amide bonds. The van der Waals surface area contributed by atoms with Crippen molar-refractivity contribution in [1.29, 1.82) is 0 Å². The number of aliphatic hydroxyl groups is 1. The molecular formula is C14H14ClN3O2. The first kappa shape index (κ1) is 14.4. The van der Waals surface area contributed by atoms with Crippen LogP contribution in [-0.4, -0.2) is 33.9 Å². The van der Waals surface area contributed by atoms with E-state index in [0.29, 0.717) is 6.42 Å². The third-order valence-corrected chi connectivity index (χ3v) is 2.95. The molecule has 0 aliphatic carbocycles. The molecule has 0 saturated carbocycles. The third-order valence-electron chi connectivity index (χ3n) is 2.75.